The average molecular weight is 438 g/mol. The van der Waals surface area contributed by atoms with Crippen molar-refractivity contribution in [1.82, 2.24) is 15.3 Å². The number of aromatic nitrogens is 2. The number of ketones is 2. The molecule has 2 heterocycles. The Morgan fingerprint density at radius 2 is 1.94 bits per heavy atom. The van der Waals surface area contributed by atoms with Crippen LogP contribution in [0.5, 0.6) is 0 Å². The Morgan fingerprint density at radius 3 is 2.59 bits per heavy atom. The summed E-state index contributed by atoms with van der Waals surface area (Å²) in [7, 11) is 0. The van der Waals surface area contributed by atoms with Gasteiger partial charge in [-0.2, -0.15) is 0 Å². The van der Waals surface area contributed by atoms with Crippen molar-refractivity contribution in [3.05, 3.63) is 47.4 Å². The lowest BCUT2D eigenvalue weighted by Crippen LogP contribution is -2.41. The van der Waals surface area contributed by atoms with Crippen LogP contribution in [0, 0.1) is 0 Å². The number of nitrogens with two attached hydrogens (primary N) is 1. The second kappa shape index (κ2) is 9.77. The van der Waals surface area contributed by atoms with Crippen molar-refractivity contribution >= 4 is 40.8 Å². The van der Waals surface area contributed by atoms with E-state index >= 15 is 0 Å². The number of benzene rings is 1. The van der Waals surface area contributed by atoms with Gasteiger partial charge in [0.05, 0.1) is 24.9 Å². The molecule has 0 bridgehead atoms. The molecule has 0 saturated carbocycles. The molecule has 1 aromatic carbocycles. The van der Waals surface area contributed by atoms with Crippen LogP contribution in [0.2, 0.25) is 0 Å². The Labute approximate surface area is 183 Å². The van der Waals surface area contributed by atoms with Crippen molar-refractivity contribution in [2.45, 2.75) is 38.8 Å². The molecule has 1 atom stereocenters. The molecule has 0 spiro atoms. The molecule has 1 aliphatic heterocycles. The first-order valence-corrected chi connectivity index (χ1v) is 9.82. The Kier molecular flexibility index (Phi) is 6.88. The molecule has 1 aromatic heterocycles. The molecule has 32 heavy (non-hydrogen) atoms. The molecule has 11 heteroatoms. The number of amidine groups is 1. The number of amides is 1. The quantitative estimate of drug-likeness (QED) is 0.448. The van der Waals surface area contributed by atoms with E-state index in [9.17, 15) is 24.3 Å². The third-order valence-corrected chi connectivity index (χ3v) is 4.67. The maximum absolute atomic E-state index is 12.3. The molecule has 166 valence electrons. The lowest BCUT2D eigenvalue weighted by atomic mass is 10.1. The second-order valence-electron chi connectivity index (χ2n) is 7.27. The molecule has 0 aliphatic carbocycles. The van der Waals surface area contributed by atoms with Gasteiger partial charge in [-0.3, -0.25) is 9.59 Å². The summed E-state index contributed by atoms with van der Waals surface area (Å²) in [5.74, 6) is -1.71. The fourth-order valence-corrected chi connectivity index (χ4v) is 2.98. The fraction of sp³-hybridized carbons (Fsp3) is 0.286. The maximum atomic E-state index is 12.3. The maximum Gasteiger partial charge on any atom is 0.326 e. The number of hydrogen-bond donors (Lipinski definition) is 4. The largest absolute Gasteiger partial charge is 0.480 e. The first-order chi connectivity index (χ1) is 15.2. The van der Waals surface area contributed by atoms with Crippen molar-refractivity contribution < 1.29 is 24.3 Å². The molecular formula is C21H22N6O5. The van der Waals surface area contributed by atoms with E-state index < -0.39 is 17.9 Å². The highest BCUT2D eigenvalue weighted by molar-refractivity contribution is 6.13. The summed E-state index contributed by atoms with van der Waals surface area (Å²) in [5.41, 5.74) is 7.27. The van der Waals surface area contributed by atoms with Crippen molar-refractivity contribution in [3.63, 3.8) is 0 Å². The van der Waals surface area contributed by atoms with E-state index in [1.807, 2.05) is 0 Å². The number of nitrogens with zero attached hydrogens (tertiary/aromatic N) is 3. The number of carbonyl (C=O) groups is 4. The average Bonchev–Trinajstić information content (AvgIpc) is 2.75. The Bertz CT molecular complexity index is 1100. The van der Waals surface area contributed by atoms with E-state index in [-0.39, 0.29) is 60.3 Å². The molecule has 11 nitrogen and oxygen atoms in total. The van der Waals surface area contributed by atoms with Gasteiger partial charge in [0.1, 0.15) is 17.7 Å². The summed E-state index contributed by atoms with van der Waals surface area (Å²) in [4.78, 5) is 59.2. The highest BCUT2D eigenvalue weighted by Crippen LogP contribution is 2.21. The normalized spacial score (nSPS) is 13.5. The summed E-state index contributed by atoms with van der Waals surface area (Å²) in [5, 5.41) is 14.8. The minimum atomic E-state index is -1.20. The van der Waals surface area contributed by atoms with E-state index in [1.54, 1.807) is 24.3 Å². The molecule has 0 saturated heterocycles. The Hall–Kier alpha value is -4.15. The third kappa shape index (κ3) is 5.72. The third-order valence-electron chi connectivity index (χ3n) is 4.67. The predicted molar refractivity (Wildman–Crippen MR) is 115 cm³/mol. The lowest BCUT2D eigenvalue weighted by molar-refractivity contribution is -0.139. The molecular weight excluding hydrogens is 416 g/mol. The van der Waals surface area contributed by atoms with Crippen LogP contribution in [0.4, 0.5) is 11.5 Å². The molecule has 1 aliphatic rings. The van der Waals surface area contributed by atoms with E-state index in [2.05, 4.69) is 25.6 Å². The van der Waals surface area contributed by atoms with E-state index in [0.717, 1.165) is 0 Å². The van der Waals surface area contributed by atoms with Gasteiger partial charge in [-0.25, -0.2) is 19.8 Å². The van der Waals surface area contributed by atoms with Crippen LogP contribution in [0.3, 0.4) is 0 Å². The van der Waals surface area contributed by atoms with Gasteiger partial charge in [0.15, 0.2) is 17.3 Å². The zero-order valence-corrected chi connectivity index (χ0v) is 17.3. The van der Waals surface area contributed by atoms with Crippen LogP contribution in [0.25, 0.3) is 0 Å². The number of hydrogen-bond acceptors (Lipinski definition) is 9. The lowest BCUT2D eigenvalue weighted by Gasteiger charge is -2.14. The molecule has 0 fully saturated rings. The number of aliphatic carboxylic acids is 1. The minimum Gasteiger partial charge on any atom is -0.480 e. The molecule has 0 radical (unpaired) electrons. The fourth-order valence-electron chi connectivity index (χ4n) is 2.98. The number of aliphatic imine (C=N–C) groups is 1. The zero-order valence-electron chi connectivity index (χ0n) is 17.3. The number of Topliss-reactive ketones (excluding diaryl/α,β-unsaturated/α-hetero) is 2. The number of carboxylic acid groups (broad SMARTS) is 1. The number of carbonyl (C=O) groups excluding carboxylic acids is 3. The van der Waals surface area contributed by atoms with Gasteiger partial charge in [0, 0.05) is 17.7 Å². The van der Waals surface area contributed by atoms with Gasteiger partial charge in [0.25, 0.3) is 5.91 Å². The first-order valence-electron chi connectivity index (χ1n) is 9.82. The van der Waals surface area contributed by atoms with Gasteiger partial charge >= 0.3 is 5.97 Å². The number of fused-ring (bicyclic) bond motifs is 1. The van der Waals surface area contributed by atoms with Crippen LogP contribution >= 0.6 is 0 Å². The SMILES string of the molecule is CC(=O)CC[C@H](NC(=O)c1ccc(NCc2cnc3c(n2)C(=O)CC(N)=N3)cc1)C(=O)O. The molecule has 1 amide bonds. The van der Waals surface area contributed by atoms with Gasteiger partial charge in [-0.05, 0) is 37.6 Å². The second-order valence-corrected chi connectivity index (χ2v) is 7.27. The van der Waals surface area contributed by atoms with Gasteiger partial charge in [-0.1, -0.05) is 0 Å². The summed E-state index contributed by atoms with van der Waals surface area (Å²) in [6, 6.07) is 5.25. The minimum absolute atomic E-state index is 0.0135. The Balaban J connectivity index is 1.59. The van der Waals surface area contributed by atoms with Crippen LogP contribution < -0.4 is 16.4 Å². The van der Waals surface area contributed by atoms with Crippen LogP contribution in [0.15, 0.2) is 35.5 Å². The molecule has 2 aromatic rings. The zero-order chi connectivity index (χ0) is 23.3. The Morgan fingerprint density at radius 1 is 1.22 bits per heavy atom. The molecule has 0 unspecified atom stereocenters. The number of rotatable bonds is 9. The van der Waals surface area contributed by atoms with Crippen LogP contribution in [-0.4, -0.2) is 50.4 Å². The highest BCUT2D eigenvalue weighted by Gasteiger charge is 2.22. The van der Waals surface area contributed by atoms with Crippen molar-refractivity contribution in [1.29, 1.82) is 0 Å². The van der Waals surface area contributed by atoms with E-state index in [4.69, 9.17) is 5.73 Å². The predicted octanol–water partition coefficient (Wildman–Crippen LogP) is 1.22. The smallest absolute Gasteiger partial charge is 0.326 e. The number of carboxylic acids is 1. The van der Waals surface area contributed by atoms with Crippen molar-refractivity contribution in [2.24, 2.45) is 10.7 Å². The van der Waals surface area contributed by atoms with Crippen LogP contribution in [0.1, 0.15) is 52.7 Å². The first kappa shape index (κ1) is 22.5. The van der Waals surface area contributed by atoms with Gasteiger partial charge in [-0.15, -0.1) is 0 Å². The summed E-state index contributed by atoms with van der Waals surface area (Å²) in [6.45, 7) is 1.65. The topological polar surface area (TPSA) is 177 Å². The van der Waals surface area contributed by atoms with Crippen LogP contribution in [-0.2, 0) is 16.1 Å². The van der Waals surface area contributed by atoms with Crippen molar-refractivity contribution in [3.8, 4) is 0 Å². The standard InChI is InChI=1S/C21H22N6O5/c1-11(28)2-7-15(21(31)32)26-20(30)12-3-5-13(6-4-12)23-9-14-10-24-19-18(25-14)16(29)8-17(22)27-19/h3-6,10,15,23H,2,7-9H2,1H3,(H,26,30)(H,31,32)(H2,22,24,27)/t15-/m0/s1. The monoisotopic (exact) mass is 438 g/mol. The highest BCUT2D eigenvalue weighted by atomic mass is 16.4. The molecule has 5 N–H and O–H groups in total. The van der Waals surface area contributed by atoms with Gasteiger partial charge in [0.2, 0.25) is 0 Å². The van der Waals surface area contributed by atoms with Crippen molar-refractivity contribution in [2.75, 3.05) is 5.32 Å². The van der Waals surface area contributed by atoms with E-state index in [1.165, 1.54) is 13.1 Å². The molecule has 3 rings (SSSR count). The summed E-state index contributed by atoms with van der Waals surface area (Å²) >= 11 is 0. The number of nitrogens with one attached hydrogen (secondary N) is 2. The van der Waals surface area contributed by atoms with Gasteiger partial charge < -0.3 is 26.3 Å². The summed E-state index contributed by atoms with van der Waals surface area (Å²) in [6.07, 6.45) is 1.60. The summed E-state index contributed by atoms with van der Waals surface area (Å²) < 4.78 is 0. The van der Waals surface area contributed by atoms with E-state index in [0.29, 0.717) is 11.4 Å². The number of anilines is 1.